The largest absolute Gasteiger partial charge is 0.334 e. The smallest absolute Gasteiger partial charge is 0.282 e. The molecule has 1 aromatic carbocycles. The maximum atomic E-state index is 12.4. The molecule has 1 saturated carbocycles. The van der Waals surface area contributed by atoms with Crippen molar-refractivity contribution >= 4 is 11.6 Å². The zero-order chi connectivity index (χ0) is 16.1. The van der Waals surface area contributed by atoms with Crippen LogP contribution in [0.1, 0.15) is 64.9 Å². The number of anilines is 1. The van der Waals surface area contributed by atoms with Crippen LogP contribution in [0.5, 0.6) is 0 Å². The lowest BCUT2D eigenvalue weighted by atomic mass is 9.85. The number of carbonyl (C=O) groups is 1. The van der Waals surface area contributed by atoms with Gasteiger partial charge >= 0.3 is 0 Å². The Morgan fingerprint density at radius 2 is 1.77 bits per heavy atom. The van der Waals surface area contributed by atoms with E-state index < -0.39 is 0 Å². The van der Waals surface area contributed by atoms with Crippen LogP contribution >= 0.6 is 0 Å². The van der Waals surface area contributed by atoms with Crippen molar-refractivity contribution in [2.45, 2.75) is 71.4 Å². The summed E-state index contributed by atoms with van der Waals surface area (Å²) in [6, 6.07) is 8.76. The molecule has 0 saturated heterocycles. The Hall–Kier alpha value is -1.35. The molecule has 22 heavy (non-hydrogen) atoms. The Labute approximate surface area is 134 Å². The molecule has 0 heterocycles. The highest BCUT2D eigenvalue weighted by Gasteiger charge is 2.28. The van der Waals surface area contributed by atoms with Gasteiger partial charge in [-0.2, -0.15) is 0 Å². The zero-order valence-electron chi connectivity index (χ0n) is 14.4. The van der Waals surface area contributed by atoms with E-state index in [2.05, 4.69) is 43.5 Å². The molecule has 3 N–H and O–H groups in total. The number of quaternary nitrogens is 1. The van der Waals surface area contributed by atoms with E-state index in [0.717, 1.165) is 5.69 Å². The van der Waals surface area contributed by atoms with Gasteiger partial charge in [-0.1, -0.05) is 39.3 Å². The quantitative estimate of drug-likeness (QED) is 0.861. The number of amides is 1. The lowest BCUT2D eigenvalue weighted by Gasteiger charge is -2.28. The summed E-state index contributed by atoms with van der Waals surface area (Å²) in [5.74, 6) is 1.34. The van der Waals surface area contributed by atoms with E-state index in [4.69, 9.17) is 0 Å². The van der Waals surface area contributed by atoms with E-state index in [0.29, 0.717) is 17.9 Å². The average molecular weight is 303 g/mol. The standard InChI is InChI=1S/C19H30N2O/c1-13(2)16-9-11-17(12-10-16)21-19(22)15(4)20-18-8-6-5-7-14(18)3/h9-15,18,20H,5-8H2,1-4H3,(H,21,22)/p+1/t14-,15-,18-/m0/s1. The second kappa shape index (κ2) is 7.77. The van der Waals surface area contributed by atoms with Gasteiger partial charge in [-0.3, -0.25) is 4.79 Å². The van der Waals surface area contributed by atoms with Gasteiger partial charge in [0.1, 0.15) is 0 Å². The van der Waals surface area contributed by atoms with Gasteiger partial charge in [-0.25, -0.2) is 0 Å². The molecule has 0 unspecified atom stereocenters. The fourth-order valence-corrected chi connectivity index (χ4v) is 3.30. The summed E-state index contributed by atoms with van der Waals surface area (Å²) in [6.45, 7) is 8.68. The minimum Gasteiger partial charge on any atom is -0.334 e. The van der Waals surface area contributed by atoms with Crippen molar-refractivity contribution in [2.24, 2.45) is 5.92 Å². The highest BCUT2D eigenvalue weighted by molar-refractivity contribution is 5.93. The topological polar surface area (TPSA) is 45.7 Å². The second-order valence-electron chi connectivity index (χ2n) is 7.17. The highest BCUT2D eigenvalue weighted by atomic mass is 16.2. The monoisotopic (exact) mass is 303 g/mol. The van der Waals surface area contributed by atoms with Crippen LogP contribution in [0.15, 0.2) is 24.3 Å². The molecule has 1 aliphatic rings. The van der Waals surface area contributed by atoms with Gasteiger partial charge in [-0.15, -0.1) is 0 Å². The van der Waals surface area contributed by atoms with Gasteiger partial charge in [0.25, 0.3) is 5.91 Å². The molecule has 122 valence electrons. The maximum absolute atomic E-state index is 12.4. The molecular weight excluding hydrogens is 272 g/mol. The van der Waals surface area contributed by atoms with E-state index in [1.165, 1.54) is 31.2 Å². The van der Waals surface area contributed by atoms with E-state index in [1.54, 1.807) is 0 Å². The number of rotatable bonds is 5. The van der Waals surface area contributed by atoms with Crippen molar-refractivity contribution in [3.8, 4) is 0 Å². The SMILES string of the molecule is CC(C)c1ccc(NC(=O)[C@H](C)[NH2+][C@H]2CCCC[C@@H]2C)cc1. The number of nitrogens with two attached hydrogens (primary N) is 1. The molecule has 3 atom stereocenters. The van der Waals surface area contributed by atoms with Crippen LogP contribution in [0.3, 0.4) is 0 Å². The number of carbonyl (C=O) groups excluding carboxylic acids is 1. The molecule has 3 heteroatoms. The molecule has 2 rings (SSSR count). The number of hydrogen-bond donors (Lipinski definition) is 2. The average Bonchev–Trinajstić information content (AvgIpc) is 2.50. The van der Waals surface area contributed by atoms with Gasteiger partial charge in [-0.05, 0) is 49.8 Å². The van der Waals surface area contributed by atoms with Crippen molar-refractivity contribution in [3.05, 3.63) is 29.8 Å². The third-order valence-electron chi connectivity index (χ3n) is 4.97. The lowest BCUT2D eigenvalue weighted by molar-refractivity contribution is -0.714. The van der Waals surface area contributed by atoms with E-state index in [-0.39, 0.29) is 11.9 Å². The molecule has 1 aliphatic carbocycles. The molecule has 1 aromatic rings. The number of benzene rings is 1. The van der Waals surface area contributed by atoms with Crippen molar-refractivity contribution in [1.82, 2.24) is 0 Å². The first-order valence-corrected chi connectivity index (χ1v) is 8.73. The molecule has 1 amide bonds. The van der Waals surface area contributed by atoms with Gasteiger partial charge < -0.3 is 10.6 Å². The summed E-state index contributed by atoms with van der Waals surface area (Å²) < 4.78 is 0. The van der Waals surface area contributed by atoms with Gasteiger partial charge in [0.15, 0.2) is 6.04 Å². The van der Waals surface area contributed by atoms with Crippen LogP contribution < -0.4 is 10.6 Å². The van der Waals surface area contributed by atoms with Crippen LogP contribution in [0, 0.1) is 5.92 Å². The van der Waals surface area contributed by atoms with Crippen molar-refractivity contribution in [3.63, 3.8) is 0 Å². The van der Waals surface area contributed by atoms with E-state index >= 15 is 0 Å². The minimum absolute atomic E-state index is 0.0321. The summed E-state index contributed by atoms with van der Waals surface area (Å²) in [4.78, 5) is 12.4. The van der Waals surface area contributed by atoms with Gasteiger partial charge in [0.05, 0.1) is 6.04 Å². The van der Waals surface area contributed by atoms with Crippen molar-refractivity contribution < 1.29 is 10.1 Å². The van der Waals surface area contributed by atoms with Crippen LogP contribution in [0.4, 0.5) is 5.69 Å². The maximum Gasteiger partial charge on any atom is 0.282 e. The Bertz CT molecular complexity index is 481. The molecule has 0 aliphatic heterocycles. The Balaban J connectivity index is 1.87. The predicted octanol–water partition coefficient (Wildman–Crippen LogP) is 3.28. The predicted molar refractivity (Wildman–Crippen MR) is 92.0 cm³/mol. The first kappa shape index (κ1) is 17.0. The summed E-state index contributed by atoms with van der Waals surface area (Å²) in [7, 11) is 0. The molecule has 0 radical (unpaired) electrons. The van der Waals surface area contributed by atoms with E-state index in [9.17, 15) is 4.79 Å². The third kappa shape index (κ3) is 4.57. The first-order chi connectivity index (χ1) is 10.5. The molecule has 0 spiro atoms. The summed E-state index contributed by atoms with van der Waals surface area (Å²) in [6.07, 6.45) is 5.18. The van der Waals surface area contributed by atoms with Crippen LogP contribution in [-0.2, 0) is 4.79 Å². The fraction of sp³-hybridized carbons (Fsp3) is 0.632. The summed E-state index contributed by atoms with van der Waals surface area (Å²) in [5, 5.41) is 5.31. The van der Waals surface area contributed by atoms with Crippen LogP contribution in [0.2, 0.25) is 0 Å². The lowest BCUT2D eigenvalue weighted by Crippen LogP contribution is -2.97. The second-order valence-corrected chi connectivity index (χ2v) is 7.17. The first-order valence-electron chi connectivity index (χ1n) is 8.73. The van der Waals surface area contributed by atoms with E-state index in [1.807, 2.05) is 19.1 Å². The molecule has 0 aromatic heterocycles. The van der Waals surface area contributed by atoms with Gasteiger partial charge in [0, 0.05) is 11.6 Å². The van der Waals surface area contributed by atoms with Gasteiger partial charge in [0.2, 0.25) is 0 Å². The Morgan fingerprint density at radius 1 is 1.14 bits per heavy atom. The minimum atomic E-state index is -0.0321. The van der Waals surface area contributed by atoms with Crippen molar-refractivity contribution in [1.29, 1.82) is 0 Å². The van der Waals surface area contributed by atoms with Crippen LogP contribution in [-0.4, -0.2) is 18.0 Å². The van der Waals surface area contributed by atoms with Crippen molar-refractivity contribution in [2.75, 3.05) is 5.32 Å². The number of hydrogen-bond acceptors (Lipinski definition) is 1. The molecule has 3 nitrogen and oxygen atoms in total. The normalized spacial score (nSPS) is 23.3. The Kier molecular flexibility index (Phi) is 6.01. The molecule has 0 bridgehead atoms. The molecular formula is C19H31N2O+. The summed E-state index contributed by atoms with van der Waals surface area (Å²) >= 11 is 0. The number of nitrogens with one attached hydrogen (secondary N) is 1. The van der Waals surface area contributed by atoms with Crippen LogP contribution in [0.25, 0.3) is 0 Å². The zero-order valence-corrected chi connectivity index (χ0v) is 14.4. The molecule has 1 fully saturated rings. The highest BCUT2D eigenvalue weighted by Crippen LogP contribution is 2.21. The Morgan fingerprint density at radius 3 is 2.36 bits per heavy atom. The third-order valence-corrected chi connectivity index (χ3v) is 4.97. The fourth-order valence-electron chi connectivity index (χ4n) is 3.30. The summed E-state index contributed by atoms with van der Waals surface area (Å²) in [5.41, 5.74) is 2.19.